The highest BCUT2D eigenvalue weighted by Gasteiger charge is 2.16. The number of methoxy groups -OCH3 is 1. The molecule has 0 saturated heterocycles. The highest BCUT2D eigenvalue weighted by molar-refractivity contribution is 7.90. The van der Waals surface area contributed by atoms with Crippen molar-refractivity contribution in [2.75, 3.05) is 13.7 Å². The maximum Gasteiger partial charge on any atom is 0.285 e. The predicted octanol–water partition coefficient (Wildman–Crippen LogP) is 2.92. The molecular formula is C16H14F2N2O3S2. The number of ether oxygens (including phenoxy) is 1. The van der Waals surface area contributed by atoms with Crippen molar-refractivity contribution < 1.29 is 21.9 Å². The molecule has 0 fully saturated rings. The van der Waals surface area contributed by atoms with E-state index in [2.05, 4.69) is 4.40 Å². The standard InChI is InChI=1S/C16H14F2N2O3S2/c1-23-10-9-20-15-13(18)3-2-4-14(15)24-16(20)19-25(21,22)12-7-5-11(17)6-8-12/h2-8H,9-10H2,1H3. The van der Waals surface area contributed by atoms with Gasteiger partial charge in [-0.1, -0.05) is 17.4 Å². The van der Waals surface area contributed by atoms with E-state index in [4.69, 9.17) is 4.74 Å². The first-order chi connectivity index (χ1) is 11.9. The van der Waals surface area contributed by atoms with Crippen LogP contribution in [0.4, 0.5) is 8.78 Å². The van der Waals surface area contributed by atoms with E-state index in [0.29, 0.717) is 4.70 Å². The molecular weight excluding hydrogens is 370 g/mol. The average molecular weight is 384 g/mol. The van der Waals surface area contributed by atoms with E-state index in [1.54, 1.807) is 12.1 Å². The zero-order chi connectivity index (χ0) is 18.0. The first-order valence-electron chi connectivity index (χ1n) is 7.26. The van der Waals surface area contributed by atoms with Crippen molar-refractivity contribution in [2.24, 2.45) is 4.40 Å². The van der Waals surface area contributed by atoms with Crippen LogP contribution in [0, 0.1) is 11.6 Å². The summed E-state index contributed by atoms with van der Waals surface area (Å²) in [6.07, 6.45) is 0. The maximum atomic E-state index is 14.2. The van der Waals surface area contributed by atoms with Crippen LogP contribution in [0.25, 0.3) is 10.2 Å². The molecule has 9 heteroatoms. The zero-order valence-electron chi connectivity index (χ0n) is 13.1. The summed E-state index contributed by atoms with van der Waals surface area (Å²) in [6.45, 7) is 0.513. The molecule has 1 heterocycles. The number of fused-ring (bicyclic) bond motifs is 1. The van der Waals surface area contributed by atoms with Crippen molar-refractivity contribution in [1.82, 2.24) is 4.57 Å². The summed E-state index contributed by atoms with van der Waals surface area (Å²) in [7, 11) is -2.56. The Bertz CT molecular complexity index is 1070. The molecule has 0 aliphatic rings. The Kier molecular flexibility index (Phi) is 4.98. The van der Waals surface area contributed by atoms with Gasteiger partial charge in [0, 0.05) is 13.7 Å². The van der Waals surface area contributed by atoms with E-state index in [0.717, 1.165) is 35.6 Å². The molecule has 5 nitrogen and oxygen atoms in total. The van der Waals surface area contributed by atoms with Crippen LogP contribution in [-0.4, -0.2) is 26.7 Å². The Morgan fingerprint density at radius 3 is 2.56 bits per heavy atom. The molecule has 0 saturated carbocycles. The van der Waals surface area contributed by atoms with Crippen molar-refractivity contribution in [3.8, 4) is 0 Å². The number of halogens is 2. The van der Waals surface area contributed by atoms with Crippen LogP contribution in [0.15, 0.2) is 51.8 Å². The Morgan fingerprint density at radius 1 is 1.16 bits per heavy atom. The van der Waals surface area contributed by atoms with E-state index in [1.165, 1.54) is 17.7 Å². The molecule has 0 atom stereocenters. The van der Waals surface area contributed by atoms with E-state index in [1.807, 2.05) is 0 Å². The highest BCUT2D eigenvalue weighted by atomic mass is 32.2. The molecule has 0 aliphatic carbocycles. The second-order valence-corrected chi connectivity index (χ2v) is 7.75. The quantitative estimate of drug-likeness (QED) is 0.680. The molecule has 3 rings (SSSR count). The van der Waals surface area contributed by atoms with Crippen LogP contribution >= 0.6 is 11.3 Å². The molecule has 0 unspecified atom stereocenters. The van der Waals surface area contributed by atoms with E-state index in [-0.39, 0.29) is 28.4 Å². The fourth-order valence-corrected chi connectivity index (χ4v) is 4.58. The molecule has 1 aromatic heterocycles. The van der Waals surface area contributed by atoms with Gasteiger partial charge in [-0.15, -0.1) is 4.40 Å². The van der Waals surface area contributed by atoms with Crippen LogP contribution in [0.3, 0.4) is 0 Å². The van der Waals surface area contributed by atoms with Gasteiger partial charge in [0.2, 0.25) is 4.80 Å². The smallest absolute Gasteiger partial charge is 0.285 e. The van der Waals surface area contributed by atoms with Crippen LogP contribution in [0.2, 0.25) is 0 Å². The fourth-order valence-electron chi connectivity index (χ4n) is 2.31. The Balaban J connectivity index is 2.21. The zero-order valence-corrected chi connectivity index (χ0v) is 14.8. The lowest BCUT2D eigenvalue weighted by Crippen LogP contribution is -2.20. The Labute approximate surface area is 146 Å². The van der Waals surface area contributed by atoms with Gasteiger partial charge in [-0.25, -0.2) is 8.78 Å². The fraction of sp³-hybridized carbons (Fsp3) is 0.188. The van der Waals surface area contributed by atoms with Crippen molar-refractivity contribution in [2.45, 2.75) is 11.4 Å². The van der Waals surface area contributed by atoms with Gasteiger partial charge in [0.1, 0.15) is 11.6 Å². The van der Waals surface area contributed by atoms with Crippen LogP contribution in [0.1, 0.15) is 0 Å². The largest absolute Gasteiger partial charge is 0.383 e. The first-order valence-corrected chi connectivity index (χ1v) is 9.51. The molecule has 0 aliphatic heterocycles. The molecule has 0 N–H and O–H groups in total. The first kappa shape index (κ1) is 17.7. The Hall–Kier alpha value is -2.10. The number of thiazole rings is 1. The second kappa shape index (κ2) is 7.03. The van der Waals surface area contributed by atoms with Gasteiger partial charge in [-0.2, -0.15) is 8.42 Å². The third-order valence-electron chi connectivity index (χ3n) is 3.48. The number of hydrogen-bond acceptors (Lipinski definition) is 4. The van der Waals surface area contributed by atoms with Crippen molar-refractivity contribution in [3.63, 3.8) is 0 Å². The topological polar surface area (TPSA) is 60.7 Å². The van der Waals surface area contributed by atoms with Gasteiger partial charge in [0.05, 0.1) is 21.7 Å². The number of rotatable bonds is 5. The lowest BCUT2D eigenvalue weighted by Gasteiger charge is -2.05. The van der Waals surface area contributed by atoms with Crippen LogP contribution in [0.5, 0.6) is 0 Å². The SMILES string of the molecule is COCCn1c(=NS(=O)(=O)c2ccc(F)cc2)sc2cccc(F)c21. The summed E-state index contributed by atoms with van der Waals surface area (Å²) in [6, 6.07) is 8.92. The van der Waals surface area contributed by atoms with E-state index >= 15 is 0 Å². The highest BCUT2D eigenvalue weighted by Crippen LogP contribution is 2.21. The molecule has 2 aromatic carbocycles. The van der Waals surface area contributed by atoms with Gasteiger partial charge < -0.3 is 9.30 Å². The molecule has 0 spiro atoms. The average Bonchev–Trinajstić information content (AvgIpc) is 2.91. The minimum atomic E-state index is -4.05. The van der Waals surface area contributed by atoms with Gasteiger partial charge in [0.15, 0.2) is 0 Å². The maximum absolute atomic E-state index is 14.2. The molecule has 0 amide bonds. The summed E-state index contributed by atoms with van der Waals surface area (Å²) in [5.41, 5.74) is 0.276. The normalized spacial score (nSPS) is 12.8. The monoisotopic (exact) mass is 384 g/mol. The Morgan fingerprint density at radius 2 is 1.88 bits per heavy atom. The number of sulfonamides is 1. The number of para-hydroxylation sites is 1. The van der Waals surface area contributed by atoms with Crippen LogP contribution < -0.4 is 4.80 Å². The number of benzene rings is 2. The molecule has 132 valence electrons. The number of nitrogens with zero attached hydrogens (tertiary/aromatic N) is 2. The number of hydrogen-bond donors (Lipinski definition) is 0. The van der Waals surface area contributed by atoms with Crippen molar-refractivity contribution in [3.05, 3.63) is 58.9 Å². The molecule has 0 bridgehead atoms. The van der Waals surface area contributed by atoms with E-state index in [9.17, 15) is 17.2 Å². The van der Waals surface area contributed by atoms with Crippen molar-refractivity contribution in [1.29, 1.82) is 0 Å². The summed E-state index contributed by atoms with van der Waals surface area (Å²) in [5, 5.41) is 0. The minimum Gasteiger partial charge on any atom is -0.383 e. The third-order valence-corrected chi connectivity index (χ3v) is 5.92. The van der Waals surface area contributed by atoms with Gasteiger partial charge in [-0.05, 0) is 36.4 Å². The summed E-state index contributed by atoms with van der Waals surface area (Å²) in [5.74, 6) is -1.01. The third kappa shape index (κ3) is 3.63. The van der Waals surface area contributed by atoms with Crippen molar-refractivity contribution >= 4 is 31.6 Å². The minimum absolute atomic E-state index is 0.126. The lowest BCUT2D eigenvalue weighted by molar-refractivity contribution is 0.187. The lowest BCUT2D eigenvalue weighted by atomic mass is 10.3. The predicted molar refractivity (Wildman–Crippen MR) is 90.8 cm³/mol. The summed E-state index contributed by atoms with van der Waals surface area (Å²) < 4.78 is 63.1. The molecule has 0 radical (unpaired) electrons. The van der Waals surface area contributed by atoms with Gasteiger partial charge in [0.25, 0.3) is 10.0 Å². The molecule has 3 aromatic rings. The van der Waals surface area contributed by atoms with E-state index < -0.39 is 21.7 Å². The second-order valence-electron chi connectivity index (χ2n) is 5.14. The molecule has 25 heavy (non-hydrogen) atoms. The summed E-state index contributed by atoms with van der Waals surface area (Å²) >= 11 is 1.06. The number of aromatic nitrogens is 1. The van der Waals surface area contributed by atoms with Gasteiger partial charge >= 0.3 is 0 Å². The summed E-state index contributed by atoms with van der Waals surface area (Å²) in [4.78, 5) is -0.00778. The van der Waals surface area contributed by atoms with Gasteiger partial charge in [-0.3, -0.25) is 0 Å². The van der Waals surface area contributed by atoms with Crippen LogP contribution in [-0.2, 0) is 21.3 Å².